The number of ether oxygens (including phenoxy) is 5. The van der Waals surface area contributed by atoms with Crippen LogP contribution in [0.2, 0.25) is 0 Å². The highest BCUT2D eigenvalue weighted by atomic mass is 19.4. The lowest BCUT2D eigenvalue weighted by Crippen LogP contribution is -2.29. The van der Waals surface area contributed by atoms with Gasteiger partial charge in [0.1, 0.15) is 17.2 Å². The first-order valence-electron chi connectivity index (χ1n) is 13.2. The molecule has 0 bridgehead atoms. The first-order valence-corrected chi connectivity index (χ1v) is 13.2. The molecule has 1 unspecified atom stereocenters. The van der Waals surface area contributed by atoms with Crippen LogP contribution in [-0.2, 0) is 9.53 Å². The maximum atomic E-state index is 12.7. The number of benzene rings is 3. The Morgan fingerprint density at radius 2 is 1.24 bits per heavy atom. The third kappa shape index (κ3) is 10.7. The van der Waals surface area contributed by atoms with E-state index >= 15 is 0 Å². The average Bonchev–Trinajstić information content (AvgIpc) is 2.91. The molecule has 0 amide bonds. The average molecular weight is 601 g/mol. The van der Waals surface area contributed by atoms with Crippen LogP contribution in [0.1, 0.15) is 46.0 Å². The molecule has 0 aliphatic carbocycles. The predicted octanol–water partition coefficient (Wildman–Crippen LogP) is 9.22. The van der Waals surface area contributed by atoms with Gasteiger partial charge in [-0.25, -0.2) is 4.79 Å². The quantitative estimate of drug-likeness (QED) is 0.104. The Kier molecular flexibility index (Phi) is 11.3. The maximum Gasteiger partial charge on any atom is 0.573 e. The van der Waals surface area contributed by atoms with Gasteiger partial charge in [0.2, 0.25) is 0 Å². The summed E-state index contributed by atoms with van der Waals surface area (Å²) in [6.07, 6.45) is -6.79. The number of hydrogen-bond acceptors (Lipinski definition) is 6. The van der Waals surface area contributed by atoms with Crippen molar-refractivity contribution in [2.24, 2.45) is 0 Å². The zero-order valence-electron chi connectivity index (χ0n) is 22.9. The van der Waals surface area contributed by atoms with Crippen molar-refractivity contribution in [2.45, 2.75) is 64.8 Å². The SMILES string of the molecule is CCCCCCC(Oc1cc(-c2ccc(OC(F)(F)F)cc2)ccc1Oc1ccc(OC(F)(F)F)cc1)C(=O)OCC. The molecule has 3 aromatic carbocycles. The molecule has 0 heterocycles. The topological polar surface area (TPSA) is 63.2 Å². The van der Waals surface area contributed by atoms with E-state index in [9.17, 15) is 31.1 Å². The van der Waals surface area contributed by atoms with Crippen LogP contribution < -0.4 is 18.9 Å². The number of carbonyl (C=O) groups is 1. The maximum absolute atomic E-state index is 12.7. The van der Waals surface area contributed by atoms with E-state index in [0.29, 0.717) is 24.0 Å². The van der Waals surface area contributed by atoms with Crippen LogP contribution >= 0.6 is 0 Å². The second kappa shape index (κ2) is 14.7. The molecule has 0 spiro atoms. The van der Waals surface area contributed by atoms with Crippen molar-refractivity contribution in [1.29, 1.82) is 0 Å². The van der Waals surface area contributed by atoms with Crippen molar-refractivity contribution in [1.82, 2.24) is 0 Å². The molecular weight excluding hydrogens is 570 g/mol. The van der Waals surface area contributed by atoms with Gasteiger partial charge in [-0.2, -0.15) is 0 Å². The second-order valence-electron chi connectivity index (χ2n) is 9.06. The normalized spacial score (nSPS) is 12.4. The zero-order chi connectivity index (χ0) is 30.8. The van der Waals surface area contributed by atoms with Gasteiger partial charge in [-0.3, -0.25) is 0 Å². The fraction of sp³-hybridized carbons (Fsp3) is 0.367. The minimum absolute atomic E-state index is 0.118. The van der Waals surface area contributed by atoms with E-state index in [1.54, 1.807) is 19.1 Å². The van der Waals surface area contributed by atoms with E-state index in [0.717, 1.165) is 43.5 Å². The van der Waals surface area contributed by atoms with E-state index in [2.05, 4.69) is 16.4 Å². The van der Waals surface area contributed by atoms with Gasteiger partial charge >= 0.3 is 18.7 Å². The molecule has 0 aliphatic rings. The van der Waals surface area contributed by atoms with Gasteiger partial charge < -0.3 is 23.7 Å². The van der Waals surface area contributed by atoms with Gasteiger partial charge in [-0.15, -0.1) is 26.3 Å². The number of halogens is 6. The van der Waals surface area contributed by atoms with Gasteiger partial charge in [0.15, 0.2) is 17.6 Å². The summed E-state index contributed by atoms with van der Waals surface area (Å²) in [5, 5.41) is 0. The Morgan fingerprint density at radius 1 is 0.690 bits per heavy atom. The molecule has 0 aliphatic heterocycles. The fourth-order valence-corrected chi connectivity index (χ4v) is 3.92. The Bertz CT molecular complexity index is 1270. The van der Waals surface area contributed by atoms with Gasteiger partial charge in [0.05, 0.1) is 6.61 Å². The monoisotopic (exact) mass is 600 g/mol. The molecule has 0 aromatic heterocycles. The summed E-state index contributed by atoms with van der Waals surface area (Å²) in [5.74, 6) is -0.987. The Balaban J connectivity index is 1.93. The highest BCUT2D eigenvalue weighted by molar-refractivity contribution is 5.75. The molecule has 0 saturated heterocycles. The third-order valence-electron chi connectivity index (χ3n) is 5.79. The standard InChI is InChI=1S/C30H30F6O6/c1-3-5-6-7-8-26(28(37)38-4-2)40-27-19-21(20-9-12-23(13-10-20)41-29(31,32)33)11-18-25(27)39-22-14-16-24(17-15-22)42-30(34,35)36/h9-19,26H,3-8H2,1-2H3. The van der Waals surface area contributed by atoms with Gasteiger partial charge in [-0.05, 0) is 79.4 Å². The van der Waals surface area contributed by atoms with Crippen LogP contribution in [0.15, 0.2) is 66.7 Å². The summed E-state index contributed by atoms with van der Waals surface area (Å²) in [7, 11) is 0. The van der Waals surface area contributed by atoms with Gasteiger partial charge in [0.25, 0.3) is 0 Å². The van der Waals surface area contributed by atoms with E-state index in [1.165, 1.54) is 30.3 Å². The van der Waals surface area contributed by atoms with Crippen LogP contribution in [0.4, 0.5) is 26.3 Å². The summed E-state index contributed by atoms with van der Waals surface area (Å²) in [6.45, 7) is 3.85. The van der Waals surface area contributed by atoms with Crippen LogP contribution in [0.25, 0.3) is 11.1 Å². The molecule has 6 nitrogen and oxygen atoms in total. The van der Waals surface area contributed by atoms with E-state index in [1.807, 2.05) is 0 Å². The lowest BCUT2D eigenvalue weighted by molar-refractivity contribution is -0.275. The third-order valence-corrected chi connectivity index (χ3v) is 5.79. The van der Waals surface area contributed by atoms with Crippen LogP contribution in [-0.4, -0.2) is 31.4 Å². The lowest BCUT2D eigenvalue weighted by Gasteiger charge is -2.21. The Labute approximate surface area is 239 Å². The first kappa shape index (κ1) is 32.4. The van der Waals surface area contributed by atoms with Crippen molar-refractivity contribution >= 4 is 5.97 Å². The molecule has 0 saturated carbocycles. The van der Waals surface area contributed by atoms with Crippen LogP contribution in [0.3, 0.4) is 0 Å². The minimum Gasteiger partial charge on any atom is -0.475 e. The van der Waals surface area contributed by atoms with Crippen LogP contribution in [0.5, 0.6) is 28.7 Å². The molecule has 0 radical (unpaired) electrons. The highest BCUT2D eigenvalue weighted by Crippen LogP contribution is 2.38. The number of unbranched alkanes of at least 4 members (excludes halogenated alkanes) is 3. The molecule has 0 N–H and O–H groups in total. The van der Waals surface area contributed by atoms with Crippen molar-refractivity contribution in [2.75, 3.05) is 6.61 Å². The molecule has 228 valence electrons. The Morgan fingerprint density at radius 3 is 1.79 bits per heavy atom. The number of esters is 1. The van der Waals surface area contributed by atoms with Crippen molar-refractivity contribution in [3.63, 3.8) is 0 Å². The molecule has 0 fully saturated rings. The van der Waals surface area contributed by atoms with E-state index < -0.39 is 36.3 Å². The van der Waals surface area contributed by atoms with Gasteiger partial charge in [0, 0.05) is 0 Å². The van der Waals surface area contributed by atoms with Crippen molar-refractivity contribution in [3.05, 3.63) is 66.7 Å². The van der Waals surface area contributed by atoms with Crippen molar-refractivity contribution < 1.29 is 54.8 Å². The van der Waals surface area contributed by atoms with E-state index in [4.69, 9.17) is 14.2 Å². The predicted molar refractivity (Wildman–Crippen MR) is 142 cm³/mol. The largest absolute Gasteiger partial charge is 0.573 e. The summed E-state index contributed by atoms with van der Waals surface area (Å²) >= 11 is 0. The fourth-order valence-electron chi connectivity index (χ4n) is 3.92. The van der Waals surface area contributed by atoms with Gasteiger partial charge in [-0.1, -0.05) is 44.4 Å². The summed E-state index contributed by atoms with van der Waals surface area (Å²) < 4.78 is 100. The molecule has 42 heavy (non-hydrogen) atoms. The first-order chi connectivity index (χ1) is 19.9. The zero-order valence-corrected chi connectivity index (χ0v) is 22.9. The molecule has 3 aromatic rings. The number of hydrogen-bond donors (Lipinski definition) is 0. The summed E-state index contributed by atoms with van der Waals surface area (Å²) in [5.41, 5.74) is 1.05. The number of alkyl halides is 6. The smallest absolute Gasteiger partial charge is 0.475 e. The van der Waals surface area contributed by atoms with Crippen molar-refractivity contribution in [3.8, 4) is 39.9 Å². The Hall–Kier alpha value is -4.09. The molecule has 3 rings (SSSR count). The van der Waals surface area contributed by atoms with E-state index in [-0.39, 0.29) is 23.9 Å². The minimum atomic E-state index is -4.85. The number of rotatable bonds is 14. The molecule has 1 atom stereocenters. The number of carbonyl (C=O) groups excluding carboxylic acids is 1. The summed E-state index contributed by atoms with van der Waals surface area (Å²) in [4.78, 5) is 12.7. The summed E-state index contributed by atoms with van der Waals surface area (Å²) in [6, 6.07) is 14.6. The molecule has 12 heteroatoms. The lowest BCUT2D eigenvalue weighted by atomic mass is 10.0. The van der Waals surface area contributed by atoms with Crippen LogP contribution in [0, 0.1) is 0 Å². The highest BCUT2D eigenvalue weighted by Gasteiger charge is 2.32. The second-order valence-corrected chi connectivity index (χ2v) is 9.06. The molecular formula is C30H30F6O6.